The molecule has 0 aliphatic carbocycles. The van der Waals surface area contributed by atoms with Crippen LogP contribution in [0.25, 0.3) is 0 Å². The second kappa shape index (κ2) is 7.75. The largest absolute Gasteiger partial charge is 0.303 e. The van der Waals surface area contributed by atoms with Crippen LogP contribution < -0.4 is 0 Å². The van der Waals surface area contributed by atoms with Gasteiger partial charge in [0.25, 0.3) is 0 Å². The van der Waals surface area contributed by atoms with Gasteiger partial charge >= 0.3 is 0 Å². The zero-order chi connectivity index (χ0) is 11.8. The summed E-state index contributed by atoms with van der Waals surface area (Å²) in [6.45, 7) is 8.06. The highest BCUT2D eigenvalue weighted by Gasteiger charge is 2.04. The van der Waals surface area contributed by atoms with Crippen LogP contribution in [0.5, 0.6) is 0 Å². The number of hydrogen-bond donors (Lipinski definition) is 1. The van der Waals surface area contributed by atoms with Gasteiger partial charge in [0.2, 0.25) is 0 Å². The summed E-state index contributed by atoms with van der Waals surface area (Å²) in [5.74, 6) is 0. The fourth-order valence-corrected chi connectivity index (χ4v) is 2.24. The van der Waals surface area contributed by atoms with E-state index in [1.807, 2.05) is 6.07 Å². The lowest BCUT2D eigenvalue weighted by Crippen LogP contribution is -2.27. The van der Waals surface area contributed by atoms with Crippen molar-refractivity contribution in [2.45, 2.75) is 38.0 Å². The molecule has 0 heterocycles. The Labute approximate surface area is 105 Å². The maximum atomic E-state index is 4.49. The number of rotatable bonds is 7. The van der Waals surface area contributed by atoms with E-state index in [1.54, 1.807) is 0 Å². The Morgan fingerprint density at radius 1 is 1.00 bits per heavy atom. The van der Waals surface area contributed by atoms with Crippen molar-refractivity contribution in [3.63, 3.8) is 0 Å². The highest BCUT2D eigenvalue weighted by molar-refractivity contribution is 7.80. The molecule has 1 rings (SSSR count). The van der Waals surface area contributed by atoms with E-state index in [1.165, 1.54) is 31.5 Å². The fraction of sp³-hybridized carbons (Fsp3) is 0.571. The predicted molar refractivity (Wildman–Crippen MR) is 74.4 cm³/mol. The number of hydrogen-bond acceptors (Lipinski definition) is 2. The molecule has 0 aliphatic rings. The molecule has 0 aliphatic heterocycles. The Bertz CT molecular complexity index is 293. The van der Waals surface area contributed by atoms with Crippen molar-refractivity contribution >= 4 is 12.6 Å². The van der Waals surface area contributed by atoms with Gasteiger partial charge in [0.05, 0.1) is 0 Å². The summed E-state index contributed by atoms with van der Waals surface area (Å²) in [6, 6.07) is 8.39. The zero-order valence-corrected chi connectivity index (χ0v) is 11.3. The van der Waals surface area contributed by atoms with E-state index in [-0.39, 0.29) is 0 Å². The van der Waals surface area contributed by atoms with Crippen LogP contribution >= 0.6 is 12.6 Å². The van der Waals surface area contributed by atoms with Crippen molar-refractivity contribution in [2.24, 2.45) is 0 Å². The maximum absolute atomic E-state index is 4.49. The van der Waals surface area contributed by atoms with E-state index in [9.17, 15) is 0 Å². The van der Waals surface area contributed by atoms with Crippen LogP contribution in [0.4, 0.5) is 0 Å². The monoisotopic (exact) mass is 237 g/mol. The smallest absolute Gasteiger partial charge is 0.00725 e. The molecule has 0 unspecified atom stereocenters. The normalized spacial score (nSPS) is 11.0. The highest BCUT2D eigenvalue weighted by Crippen LogP contribution is 2.13. The van der Waals surface area contributed by atoms with Gasteiger partial charge in [-0.15, -0.1) is 12.6 Å². The number of thiol groups is 1. The predicted octanol–water partition coefficient (Wildman–Crippen LogP) is 3.64. The van der Waals surface area contributed by atoms with Gasteiger partial charge in [-0.25, -0.2) is 0 Å². The van der Waals surface area contributed by atoms with Gasteiger partial charge in [0.15, 0.2) is 0 Å². The SMILES string of the molecule is CCCN(CCC)CCc1ccccc1S. The van der Waals surface area contributed by atoms with Gasteiger partial charge in [-0.2, -0.15) is 0 Å². The molecule has 0 fully saturated rings. The minimum Gasteiger partial charge on any atom is -0.303 e. The molecule has 0 saturated heterocycles. The average Bonchev–Trinajstić information content (AvgIpc) is 2.28. The Kier molecular flexibility index (Phi) is 6.58. The third-order valence-corrected chi connectivity index (χ3v) is 3.20. The van der Waals surface area contributed by atoms with E-state index in [2.05, 4.69) is 49.6 Å². The van der Waals surface area contributed by atoms with Crippen molar-refractivity contribution in [1.29, 1.82) is 0 Å². The topological polar surface area (TPSA) is 3.24 Å². The molecule has 0 atom stereocenters. The second-order valence-corrected chi connectivity index (χ2v) is 4.70. The van der Waals surface area contributed by atoms with Gasteiger partial charge in [-0.3, -0.25) is 0 Å². The quantitative estimate of drug-likeness (QED) is 0.709. The first-order valence-corrected chi connectivity index (χ1v) is 6.71. The van der Waals surface area contributed by atoms with Crippen LogP contribution in [0.1, 0.15) is 32.3 Å². The van der Waals surface area contributed by atoms with Crippen molar-refractivity contribution in [2.75, 3.05) is 19.6 Å². The van der Waals surface area contributed by atoms with Gasteiger partial charge in [-0.05, 0) is 44.0 Å². The van der Waals surface area contributed by atoms with Crippen molar-refractivity contribution < 1.29 is 0 Å². The van der Waals surface area contributed by atoms with E-state index in [0.717, 1.165) is 17.9 Å². The third-order valence-electron chi connectivity index (χ3n) is 2.77. The summed E-state index contributed by atoms with van der Waals surface area (Å²) in [6.07, 6.45) is 3.59. The van der Waals surface area contributed by atoms with Crippen molar-refractivity contribution in [1.82, 2.24) is 4.90 Å². The zero-order valence-electron chi connectivity index (χ0n) is 10.4. The van der Waals surface area contributed by atoms with E-state index in [4.69, 9.17) is 0 Å². The van der Waals surface area contributed by atoms with Crippen LogP contribution in [-0.2, 0) is 6.42 Å². The fourth-order valence-electron chi connectivity index (χ4n) is 1.97. The minimum absolute atomic E-state index is 1.11. The summed E-state index contributed by atoms with van der Waals surface area (Å²) in [5, 5.41) is 0. The first-order valence-electron chi connectivity index (χ1n) is 6.27. The molecule has 2 heteroatoms. The molecule has 1 aromatic carbocycles. The molecule has 0 amide bonds. The molecule has 0 spiro atoms. The lowest BCUT2D eigenvalue weighted by atomic mass is 10.1. The number of benzene rings is 1. The second-order valence-electron chi connectivity index (χ2n) is 4.22. The molecule has 16 heavy (non-hydrogen) atoms. The Morgan fingerprint density at radius 3 is 2.19 bits per heavy atom. The summed E-state index contributed by atoms with van der Waals surface area (Å²) in [7, 11) is 0. The molecule has 1 aromatic rings. The Balaban J connectivity index is 2.45. The molecule has 0 bridgehead atoms. The molecule has 0 N–H and O–H groups in total. The van der Waals surface area contributed by atoms with E-state index in [0.29, 0.717) is 0 Å². The Hall–Kier alpha value is -0.470. The average molecular weight is 237 g/mol. The lowest BCUT2D eigenvalue weighted by molar-refractivity contribution is 0.277. The summed E-state index contributed by atoms with van der Waals surface area (Å²) >= 11 is 4.49. The third kappa shape index (κ3) is 4.58. The maximum Gasteiger partial charge on any atom is 0.00725 e. The molecular formula is C14H23NS. The van der Waals surface area contributed by atoms with E-state index >= 15 is 0 Å². The molecule has 1 nitrogen and oxygen atoms in total. The summed E-state index contributed by atoms with van der Waals surface area (Å²) in [4.78, 5) is 3.66. The van der Waals surface area contributed by atoms with E-state index < -0.39 is 0 Å². The Morgan fingerprint density at radius 2 is 1.62 bits per heavy atom. The first-order chi connectivity index (χ1) is 7.77. The van der Waals surface area contributed by atoms with Gasteiger partial charge < -0.3 is 4.90 Å². The molecular weight excluding hydrogens is 214 g/mol. The van der Waals surface area contributed by atoms with Crippen LogP contribution in [0.2, 0.25) is 0 Å². The van der Waals surface area contributed by atoms with Crippen molar-refractivity contribution in [3.05, 3.63) is 29.8 Å². The standard InChI is InChI=1S/C14H23NS/c1-3-10-15(11-4-2)12-9-13-7-5-6-8-14(13)16/h5-8,16H,3-4,9-12H2,1-2H3. The molecule has 0 aromatic heterocycles. The van der Waals surface area contributed by atoms with Gasteiger partial charge in [0.1, 0.15) is 0 Å². The summed E-state index contributed by atoms with van der Waals surface area (Å²) in [5.41, 5.74) is 1.36. The first kappa shape index (κ1) is 13.6. The lowest BCUT2D eigenvalue weighted by Gasteiger charge is -2.21. The van der Waals surface area contributed by atoms with Crippen LogP contribution in [0.3, 0.4) is 0 Å². The molecule has 90 valence electrons. The van der Waals surface area contributed by atoms with Gasteiger partial charge in [-0.1, -0.05) is 32.0 Å². The van der Waals surface area contributed by atoms with Crippen molar-refractivity contribution in [3.8, 4) is 0 Å². The number of nitrogens with zero attached hydrogens (tertiary/aromatic N) is 1. The molecule has 0 saturated carbocycles. The van der Waals surface area contributed by atoms with Crippen LogP contribution in [0, 0.1) is 0 Å². The minimum atomic E-state index is 1.11. The van der Waals surface area contributed by atoms with Gasteiger partial charge in [0, 0.05) is 11.4 Å². The summed E-state index contributed by atoms with van der Waals surface area (Å²) < 4.78 is 0. The van der Waals surface area contributed by atoms with Crippen LogP contribution in [0.15, 0.2) is 29.2 Å². The van der Waals surface area contributed by atoms with Crippen LogP contribution in [-0.4, -0.2) is 24.5 Å². The molecule has 0 radical (unpaired) electrons. The highest BCUT2D eigenvalue weighted by atomic mass is 32.1.